The molecule has 0 fully saturated rings. The Morgan fingerprint density at radius 3 is 2.26 bits per heavy atom. The minimum absolute atomic E-state index is 0.0984. The third kappa shape index (κ3) is 4.48. The van der Waals surface area contributed by atoms with Crippen molar-refractivity contribution in [2.45, 2.75) is 25.2 Å². The Labute approximate surface area is 221 Å². The van der Waals surface area contributed by atoms with Crippen molar-refractivity contribution in [1.29, 1.82) is 0 Å². The molecular weight excluding hydrogens is 490 g/mol. The van der Waals surface area contributed by atoms with E-state index in [4.69, 9.17) is 38.2 Å². The van der Waals surface area contributed by atoms with Gasteiger partial charge in [-0.2, -0.15) is 0 Å². The van der Waals surface area contributed by atoms with Crippen LogP contribution in [0, 0.1) is 0 Å². The van der Waals surface area contributed by atoms with Gasteiger partial charge in [-0.15, -0.1) is 0 Å². The number of aliphatic hydroxyl groups is 1. The zero-order valence-electron chi connectivity index (χ0n) is 22.0. The summed E-state index contributed by atoms with van der Waals surface area (Å²) in [6.07, 6.45) is -1.18. The van der Waals surface area contributed by atoms with Gasteiger partial charge in [0.2, 0.25) is 18.4 Å². The predicted molar refractivity (Wildman–Crippen MR) is 141 cm³/mol. The van der Waals surface area contributed by atoms with Gasteiger partial charge in [-0.1, -0.05) is 30.3 Å². The number of hydrogen-bond donors (Lipinski definition) is 1. The van der Waals surface area contributed by atoms with Crippen LogP contribution in [0.2, 0.25) is 0 Å². The summed E-state index contributed by atoms with van der Waals surface area (Å²) < 4.78 is 40.6. The normalized spacial score (nSPS) is 18.5. The number of benzene rings is 3. The molecule has 2 aliphatic rings. The molecule has 0 unspecified atom stereocenters. The molecule has 0 radical (unpaired) electrons. The van der Waals surface area contributed by atoms with Gasteiger partial charge in [0.05, 0.1) is 39.6 Å². The van der Waals surface area contributed by atoms with Gasteiger partial charge < -0.3 is 38.3 Å². The fourth-order valence-electron chi connectivity index (χ4n) is 4.92. The van der Waals surface area contributed by atoms with Crippen molar-refractivity contribution < 1.29 is 38.3 Å². The maximum absolute atomic E-state index is 10.8. The molecule has 3 aromatic rings. The van der Waals surface area contributed by atoms with Gasteiger partial charge in [-0.05, 0) is 41.8 Å². The first kappa shape index (κ1) is 25.7. The molecule has 38 heavy (non-hydrogen) atoms. The van der Waals surface area contributed by atoms with E-state index in [1.165, 1.54) is 0 Å². The van der Waals surface area contributed by atoms with E-state index in [2.05, 4.69) is 0 Å². The largest absolute Gasteiger partial charge is 0.493 e. The Morgan fingerprint density at radius 2 is 1.63 bits per heavy atom. The van der Waals surface area contributed by atoms with Crippen molar-refractivity contribution in [3.63, 3.8) is 0 Å². The molecule has 0 spiro atoms. The molecule has 2 aliphatic heterocycles. The highest BCUT2D eigenvalue weighted by atomic mass is 16.7. The molecule has 2 heterocycles. The van der Waals surface area contributed by atoms with Gasteiger partial charge in [0.1, 0.15) is 6.04 Å². The van der Waals surface area contributed by atoms with E-state index >= 15 is 0 Å². The number of ether oxygens (including phenoxy) is 7. The van der Waals surface area contributed by atoms with E-state index in [0.29, 0.717) is 63.5 Å². The maximum Gasteiger partial charge on any atom is 0.231 e. The van der Waals surface area contributed by atoms with Crippen molar-refractivity contribution in [3.8, 4) is 39.9 Å². The number of hydrogen-bond acceptors (Lipinski definition) is 9. The van der Waals surface area contributed by atoms with Gasteiger partial charge in [0.15, 0.2) is 29.1 Å². The summed E-state index contributed by atoms with van der Waals surface area (Å²) in [5.74, 6) is 2.75. The van der Waals surface area contributed by atoms with Crippen LogP contribution >= 0.6 is 0 Å². The van der Waals surface area contributed by atoms with E-state index in [9.17, 15) is 5.11 Å². The minimum Gasteiger partial charge on any atom is -0.493 e. The second-order valence-electron chi connectivity index (χ2n) is 8.94. The maximum atomic E-state index is 10.8. The molecule has 5 rings (SSSR count). The van der Waals surface area contributed by atoms with Gasteiger partial charge in [-0.3, -0.25) is 0 Å². The number of aliphatic imine (C=N–C) groups is 1. The molecule has 0 aromatic heterocycles. The number of fused-ring (bicyclic) bond motifs is 1. The van der Waals surface area contributed by atoms with Crippen LogP contribution in [0.5, 0.6) is 28.7 Å². The van der Waals surface area contributed by atoms with Crippen molar-refractivity contribution >= 4 is 5.90 Å². The molecule has 0 saturated heterocycles. The summed E-state index contributed by atoms with van der Waals surface area (Å²) in [6.45, 7) is 2.16. The molecule has 9 nitrogen and oxygen atoms in total. The lowest BCUT2D eigenvalue weighted by molar-refractivity contribution is 0.120. The van der Waals surface area contributed by atoms with Crippen LogP contribution in [0.4, 0.5) is 0 Å². The SMILES string of the molecule is COC[C@H]1N=C(c2cc(OC)c(OC)c(OC)c2-c2cc3c(cc2[C@H](C)O)OCO3)O[C@H]1c1ccccc1. The summed E-state index contributed by atoms with van der Waals surface area (Å²) >= 11 is 0. The first-order valence-corrected chi connectivity index (χ1v) is 12.2. The quantitative estimate of drug-likeness (QED) is 0.433. The summed E-state index contributed by atoms with van der Waals surface area (Å²) in [5.41, 5.74) is 3.49. The highest BCUT2D eigenvalue weighted by molar-refractivity contribution is 6.05. The Hall–Kier alpha value is -3.95. The van der Waals surface area contributed by atoms with Crippen LogP contribution in [-0.2, 0) is 9.47 Å². The number of aliphatic hydroxyl groups excluding tert-OH is 1. The average molecular weight is 522 g/mol. The second-order valence-corrected chi connectivity index (χ2v) is 8.94. The zero-order chi connectivity index (χ0) is 26.8. The van der Waals surface area contributed by atoms with E-state index < -0.39 is 6.10 Å². The highest BCUT2D eigenvalue weighted by Gasteiger charge is 2.37. The molecule has 9 heteroatoms. The number of nitrogens with zero attached hydrogens (tertiary/aromatic N) is 1. The van der Waals surface area contributed by atoms with Crippen LogP contribution < -0.4 is 23.7 Å². The highest BCUT2D eigenvalue weighted by Crippen LogP contribution is 2.51. The molecule has 3 atom stereocenters. The van der Waals surface area contributed by atoms with Crippen LogP contribution in [0.25, 0.3) is 11.1 Å². The minimum atomic E-state index is -0.824. The monoisotopic (exact) mass is 521 g/mol. The zero-order valence-corrected chi connectivity index (χ0v) is 22.0. The smallest absolute Gasteiger partial charge is 0.231 e. The topological polar surface area (TPSA) is 97.2 Å². The lowest BCUT2D eigenvalue weighted by atomic mass is 9.91. The van der Waals surface area contributed by atoms with Gasteiger partial charge >= 0.3 is 0 Å². The molecule has 0 amide bonds. The Morgan fingerprint density at radius 1 is 0.921 bits per heavy atom. The number of rotatable bonds is 9. The van der Waals surface area contributed by atoms with E-state index in [-0.39, 0.29) is 18.9 Å². The lowest BCUT2D eigenvalue weighted by Gasteiger charge is -2.23. The first-order valence-electron chi connectivity index (χ1n) is 12.2. The second kappa shape index (κ2) is 10.8. The Bertz CT molecular complexity index is 1340. The predicted octanol–water partition coefficient (Wildman–Crippen LogP) is 4.69. The van der Waals surface area contributed by atoms with Crippen LogP contribution in [0.3, 0.4) is 0 Å². The molecule has 0 saturated carbocycles. The van der Waals surface area contributed by atoms with Gasteiger partial charge in [0.25, 0.3) is 0 Å². The molecule has 200 valence electrons. The third-order valence-electron chi connectivity index (χ3n) is 6.66. The number of methoxy groups -OCH3 is 4. The molecule has 0 bridgehead atoms. The molecule has 3 aromatic carbocycles. The van der Waals surface area contributed by atoms with Crippen LogP contribution in [0.15, 0.2) is 53.5 Å². The van der Waals surface area contributed by atoms with E-state index in [1.807, 2.05) is 42.5 Å². The third-order valence-corrected chi connectivity index (χ3v) is 6.66. The van der Waals surface area contributed by atoms with Crippen LogP contribution in [-0.4, -0.2) is 58.9 Å². The fraction of sp³-hybridized carbons (Fsp3) is 0.345. The Kier molecular flexibility index (Phi) is 7.31. The van der Waals surface area contributed by atoms with Gasteiger partial charge in [-0.25, -0.2) is 4.99 Å². The van der Waals surface area contributed by atoms with Crippen molar-refractivity contribution in [1.82, 2.24) is 0 Å². The molecular formula is C29H31NO8. The summed E-state index contributed by atoms with van der Waals surface area (Å²) in [5, 5.41) is 10.8. The Balaban J connectivity index is 1.76. The standard InChI is InChI=1S/C29H31NO8/c1-16(31)18-11-22-23(37-15-36-22)12-19(18)25-20(13-24(33-3)27(34-4)28(25)35-5)29-30-21(14-32-2)26(38-29)17-9-7-6-8-10-17/h6-13,16,21,26,31H,14-15H2,1-5H3/t16-,21+,26-/m0/s1. The van der Waals surface area contributed by atoms with Crippen LogP contribution in [0.1, 0.15) is 35.8 Å². The van der Waals surface area contributed by atoms with E-state index in [0.717, 1.165) is 5.56 Å². The average Bonchev–Trinajstić information content (AvgIpc) is 3.58. The lowest BCUT2D eigenvalue weighted by Crippen LogP contribution is -2.19. The first-order chi connectivity index (χ1) is 18.5. The van der Waals surface area contributed by atoms with Crippen molar-refractivity contribution in [2.24, 2.45) is 4.99 Å². The summed E-state index contributed by atoms with van der Waals surface area (Å²) in [7, 11) is 6.29. The van der Waals surface area contributed by atoms with Crippen molar-refractivity contribution in [3.05, 3.63) is 65.2 Å². The fourth-order valence-corrected chi connectivity index (χ4v) is 4.92. The van der Waals surface area contributed by atoms with Gasteiger partial charge in [0, 0.05) is 12.7 Å². The molecule has 0 aliphatic carbocycles. The van der Waals surface area contributed by atoms with E-state index in [1.54, 1.807) is 41.4 Å². The molecule has 1 N–H and O–H groups in total. The summed E-state index contributed by atoms with van der Waals surface area (Å²) in [6, 6.07) is 15.0. The van der Waals surface area contributed by atoms with Crippen molar-refractivity contribution in [2.75, 3.05) is 41.8 Å². The summed E-state index contributed by atoms with van der Waals surface area (Å²) in [4.78, 5) is 4.94.